The average Bonchev–Trinajstić information content (AvgIpc) is 2.72. The van der Waals surface area contributed by atoms with E-state index in [-0.39, 0.29) is 23.3 Å². The third kappa shape index (κ3) is 4.26. The molecule has 0 fully saturated rings. The van der Waals surface area contributed by atoms with Crippen LogP contribution >= 0.6 is 11.8 Å². The Labute approximate surface area is 168 Å². The third-order valence-corrected chi connectivity index (χ3v) is 5.40. The van der Waals surface area contributed by atoms with Gasteiger partial charge >= 0.3 is 0 Å². The van der Waals surface area contributed by atoms with E-state index in [1.165, 1.54) is 11.8 Å². The number of fused-ring (bicyclic) bond motifs is 1. The average molecular weight is 398 g/mol. The molecule has 0 saturated carbocycles. The Hall–Kier alpha value is -2.64. The lowest BCUT2D eigenvalue weighted by Gasteiger charge is -2.20. The minimum Gasteiger partial charge on any atom is -0.383 e. The summed E-state index contributed by atoms with van der Waals surface area (Å²) in [5.41, 5.74) is 1.32. The fourth-order valence-corrected chi connectivity index (χ4v) is 3.96. The van der Waals surface area contributed by atoms with Crippen LogP contribution in [0.3, 0.4) is 0 Å². The maximum Gasteiger partial charge on any atom is 0.262 e. The van der Waals surface area contributed by atoms with E-state index < -0.39 is 0 Å². The second-order valence-electron chi connectivity index (χ2n) is 6.47. The molecule has 1 aromatic heterocycles. The molecule has 7 heteroatoms. The van der Waals surface area contributed by atoms with Crippen molar-refractivity contribution in [3.8, 4) is 0 Å². The van der Waals surface area contributed by atoms with Crippen LogP contribution in [-0.4, -0.2) is 42.0 Å². The van der Waals surface area contributed by atoms with Crippen molar-refractivity contribution in [3.05, 3.63) is 65.0 Å². The van der Waals surface area contributed by atoms with Gasteiger partial charge in [-0.25, -0.2) is 4.98 Å². The van der Waals surface area contributed by atoms with Crippen molar-refractivity contribution in [3.63, 3.8) is 0 Å². The summed E-state index contributed by atoms with van der Waals surface area (Å²) in [5, 5.41) is 1.07. The SMILES string of the molecule is COC[C@@H](C)n1c(SCC(=O)N(C)c2ccccc2)nc2ccccc2c1=O. The van der Waals surface area contributed by atoms with Crippen LogP contribution in [0.4, 0.5) is 5.69 Å². The Morgan fingerprint density at radius 2 is 1.86 bits per heavy atom. The van der Waals surface area contributed by atoms with Crippen molar-refractivity contribution in [1.82, 2.24) is 9.55 Å². The van der Waals surface area contributed by atoms with Gasteiger partial charge in [0.1, 0.15) is 0 Å². The van der Waals surface area contributed by atoms with Crippen molar-refractivity contribution in [1.29, 1.82) is 0 Å². The van der Waals surface area contributed by atoms with Crippen LogP contribution in [0.25, 0.3) is 10.9 Å². The quantitative estimate of drug-likeness (QED) is 0.452. The molecule has 1 heterocycles. The van der Waals surface area contributed by atoms with E-state index in [1.807, 2.05) is 55.5 Å². The Morgan fingerprint density at radius 3 is 2.57 bits per heavy atom. The number of carbonyl (C=O) groups is 1. The molecular weight excluding hydrogens is 374 g/mol. The number of carbonyl (C=O) groups excluding carboxylic acids is 1. The number of hydrogen-bond donors (Lipinski definition) is 0. The number of aromatic nitrogens is 2. The minimum absolute atomic E-state index is 0.0652. The Morgan fingerprint density at radius 1 is 1.18 bits per heavy atom. The topological polar surface area (TPSA) is 64.4 Å². The highest BCUT2D eigenvalue weighted by atomic mass is 32.2. The zero-order valence-corrected chi connectivity index (χ0v) is 17.0. The van der Waals surface area contributed by atoms with Gasteiger partial charge in [0, 0.05) is 19.8 Å². The number of benzene rings is 2. The lowest BCUT2D eigenvalue weighted by atomic mass is 10.2. The molecule has 0 aliphatic heterocycles. The summed E-state index contributed by atoms with van der Waals surface area (Å²) < 4.78 is 6.85. The van der Waals surface area contributed by atoms with Crippen LogP contribution in [0.15, 0.2) is 64.5 Å². The van der Waals surface area contributed by atoms with Crippen molar-refractivity contribution < 1.29 is 9.53 Å². The summed E-state index contributed by atoms with van der Waals surface area (Å²) in [7, 11) is 3.34. The third-order valence-electron chi connectivity index (χ3n) is 4.47. The molecular formula is C21H23N3O3S. The molecule has 28 heavy (non-hydrogen) atoms. The van der Waals surface area contributed by atoms with Crippen LogP contribution in [0, 0.1) is 0 Å². The van der Waals surface area contributed by atoms with Gasteiger partial charge in [0.15, 0.2) is 5.16 Å². The molecule has 2 aromatic carbocycles. The van der Waals surface area contributed by atoms with Crippen molar-refractivity contribution in [2.45, 2.75) is 18.1 Å². The molecule has 0 aliphatic rings. The number of ether oxygens (including phenoxy) is 1. The summed E-state index contributed by atoms with van der Waals surface area (Å²) in [4.78, 5) is 31.9. The van der Waals surface area contributed by atoms with E-state index in [1.54, 1.807) is 29.7 Å². The first-order valence-electron chi connectivity index (χ1n) is 8.97. The highest BCUT2D eigenvalue weighted by Crippen LogP contribution is 2.22. The molecule has 0 N–H and O–H groups in total. The van der Waals surface area contributed by atoms with E-state index in [0.29, 0.717) is 22.7 Å². The Kier molecular flexibility index (Phi) is 6.49. The summed E-state index contributed by atoms with van der Waals surface area (Å²) in [6.07, 6.45) is 0. The molecule has 0 radical (unpaired) electrons. The summed E-state index contributed by atoms with van der Waals surface area (Å²) >= 11 is 1.27. The van der Waals surface area contributed by atoms with Crippen molar-refractivity contribution >= 4 is 34.3 Å². The van der Waals surface area contributed by atoms with Crippen LogP contribution in [0.2, 0.25) is 0 Å². The van der Waals surface area contributed by atoms with E-state index >= 15 is 0 Å². The number of amides is 1. The number of thioether (sulfide) groups is 1. The molecule has 6 nitrogen and oxygen atoms in total. The first-order chi connectivity index (χ1) is 13.5. The van der Waals surface area contributed by atoms with E-state index in [9.17, 15) is 9.59 Å². The van der Waals surface area contributed by atoms with Gasteiger partial charge in [-0.3, -0.25) is 14.2 Å². The molecule has 3 rings (SSSR count). The Balaban J connectivity index is 1.90. The van der Waals surface area contributed by atoms with Crippen molar-refractivity contribution in [2.24, 2.45) is 0 Å². The fourth-order valence-electron chi connectivity index (χ4n) is 2.95. The number of hydrogen-bond acceptors (Lipinski definition) is 5. The zero-order valence-electron chi connectivity index (χ0n) is 16.2. The molecule has 1 atom stereocenters. The summed E-state index contributed by atoms with van der Waals surface area (Å²) in [5.74, 6) is 0.111. The van der Waals surface area contributed by atoms with Gasteiger partial charge in [0.05, 0.1) is 29.3 Å². The monoisotopic (exact) mass is 397 g/mol. The maximum atomic E-state index is 13.0. The van der Waals surface area contributed by atoms with Gasteiger partial charge in [-0.1, -0.05) is 42.1 Å². The number of rotatable bonds is 7. The molecule has 0 spiro atoms. The van der Waals surface area contributed by atoms with E-state index in [4.69, 9.17) is 4.74 Å². The highest BCUT2D eigenvalue weighted by Gasteiger charge is 2.19. The smallest absolute Gasteiger partial charge is 0.262 e. The minimum atomic E-state index is -0.195. The molecule has 0 unspecified atom stereocenters. The predicted octanol–water partition coefficient (Wildman–Crippen LogP) is 3.36. The number of nitrogens with zero attached hydrogens (tertiary/aromatic N) is 3. The fraction of sp³-hybridized carbons (Fsp3) is 0.286. The molecule has 0 aliphatic carbocycles. The number of para-hydroxylation sites is 2. The predicted molar refractivity (Wildman–Crippen MR) is 113 cm³/mol. The van der Waals surface area contributed by atoms with Crippen LogP contribution in [0.5, 0.6) is 0 Å². The molecule has 1 amide bonds. The lowest BCUT2D eigenvalue weighted by Crippen LogP contribution is -2.30. The molecule has 0 saturated heterocycles. The second kappa shape index (κ2) is 9.03. The van der Waals surface area contributed by atoms with Crippen molar-refractivity contribution in [2.75, 3.05) is 31.4 Å². The lowest BCUT2D eigenvalue weighted by molar-refractivity contribution is -0.115. The first kappa shape index (κ1) is 20.1. The van der Waals surface area contributed by atoms with E-state index in [2.05, 4.69) is 4.98 Å². The molecule has 0 bridgehead atoms. The van der Waals surface area contributed by atoms with Crippen LogP contribution < -0.4 is 10.5 Å². The molecule has 3 aromatic rings. The standard InChI is InChI=1S/C21H23N3O3S/c1-15(13-27-3)24-20(26)17-11-7-8-12-18(17)22-21(24)28-14-19(25)23(2)16-9-5-4-6-10-16/h4-12,15H,13-14H2,1-3H3/t15-/m1/s1. The largest absolute Gasteiger partial charge is 0.383 e. The second-order valence-corrected chi connectivity index (χ2v) is 7.41. The van der Waals surface area contributed by atoms with Crippen LogP contribution in [0.1, 0.15) is 13.0 Å². The van der Waals surface area contributed by atoms with Crippen LogP contribution in [-0.2, 0) is 9.53 Å². The summed E-state index contributed by atoms with van der Waals surface area (Å²) in [6, 6.07) is 16.5. The highest BCUT2D eigenvalue weighted by molar-refractivity contribution is 7.99. The maximum absolute atomic E-state index is 13.0. The number of anilines is 1. The van der Waals surface area contributed by atoms with E-state index in [0.717, 1.165) is 5.69 Å². The zero-order chi connectivity index (χ0) is 20.1. The first-order valence-corrected chi connectivity index (χ1v) is 9.96. The van der Waals surface area contributed by atoms with Gasteiger partial charge in [-0.2, -0.15) is 0 Å². The van der Waals surface area contributed by atoms with Gasteiger partial charge in [-0.05, 0) is 31.2 Å². The van der Waals surface area contributed by atoms with Gasteiger partial charge < -0.3 is 9.64 Å². The van der Waals surface area contributed by atoms with Gasteiger partial charge in [0.2, 0.25) is 5.91 Å². The summed E-state index contributed by atoms with van der Waals surface area (Å²) in [6.45, 7) is 2.29. The Bertz CT molecular complexity index is 1020. The van der Waals surface area contributed by atoms with Gasteiger partial charge in [-0.15, -0.1) is 0 Å². The number of methoxy groups -OCH3 is 1. The van der Waals surface area contributed by atoms with Gasteiger partial charge in [0.25, 0.3) is 5.56 Å². The molecule has 146 valence electrons. The normalized spacial score (nSPS) is 12.1.